The molecule has 30 heavy (non-hydrogen) atoms. The molecule has 9 heteroatoms. The first-order valence-electron chi connectivity index (χ1n) is 9.52. The van der Waals surface area contributed by atoms with E-state index < -0.39 is 17.5 Å². The average Bonchev–Trinajstić information content (AvgIpc) is 2.69. The topological polar surface area (TPSA) is 80.2 Å². The third kappa shape index (κ3) is 3.77. The number of hydrogen-bond acceptors (Lipinski definition) is 6. The summed E-state index contributed by atoms with van der Waals surface area (Å²) in [6, 6.07) is 4.63. The minimum Gasteiger partial charge on any atom is -0.507 e. The Morgan fingerprint density at radius 1 is 1.17 bits per heavy atom. The van der Waals surface area contributed by atoms with Gasteiger partial charge in [0.2, 0.25) is 0 Å². The van der Waals surface area contributed by atoms with E-state index in [2.05, 4.69) is 34.3 Å². The predicted octanol–water partition coefficient (Wildman–Crippen LogP) is 4.64. The molecule has 0 spiro atoms. The second kappa shape index (κ2) is 7.39. The molecule has 2 N–H and O–H groups in total. The summed E-state index contributed by atoms with van der Waals surface area (Å²) in [5, 5.41) is 23.5. The Hall–Kier alpha value is -2.94. The van der Waals surface area contributed by atoms with Gasteiger partial charge in [-0.3, -0.25) is 4.98 Å². The Labute approximate surface area is 171 Å². The molecule has 0 aliphatic carbocycles. The number of phenols is 1. The summed E-state index contributed by atoms with van der Waals surface area (Å²) < 4.78 is 44.4. The van der Waals surface area contributed by atoms with E-state index in [1.165, 1.54) is 6.07 Å². The first-order chi connectivity index (χ1) is 14.2. The summed E-state index contributed by atoms with van der Waals surface area (Å²) >= 11 is 0. The number of benzene rings is 1. The smallest absolute Gasteiger partial charge is 0.416 e. The van der Waals surface area contributed by atoms with E-state index in [9.17, 15) is 18.3 Å². The summed E-state index contributed by atoms with van der Waals surface area (Å²) in [7, 11) is 0. The predicted molar refractivity (Wildman–Crippen MR) is 106 cm³/mol. The lowest BCUT2D eigenvalue weighted by molar-refractivity contribution is -0.137. The molecule has 2 aromatic heterocycles. The van der Waals surface area contributed by atoms with Crippen LogP contribution in [0.15, 0.2) is 36.7 Å². The summed E-state index contributed by atoms with van der Waals surface area (Å²) in [5.41, 5.74) is -0.582. The minimum absolute atomic E-state index is 0.106. The number of anilines is 1. The monoisotopic (exact) mass is 418 g/mol. The van der Waals surface area contributed by atoms with Crippen molar-refractivity contribution in [2.45, 2.75) is 32.5 Å². The molecule has 3 heterocycles. The standard InChI is InChI=1S/C21H21F3N4O2/c1-20(2)11-30-8-6-17(20)26-19-15-10-25-7-5-13(15)18(27-28-19)14-4-3-12(9-16(14)29)21(22,23)24/h3-5,7,9-10,17,29H,6,8,11H2,1-2H3,(H,26,28). The molecule has 0 radical (unpaired) electrons. The molecule has 1 unspecified atom stereocenters. The first kappa shape index (κ1) is 20.3. The van der Waals surface area contributed by atoms with E-state index in [1.54, 1.807) is 18.5 Å². The highest BCUT2D eigenvalue weighted by Gasteiger charge is 2.34. The number of nitrogens with one attached hydrogen (secondary N) is 1. The lowest BCUT2D eigenvalue weighted by atomic mass is 9.82. The number of ether oxygens (including phenoxy) is 1. The zero-order chi connectivity index (χ0) is 21.5. The van der Waals surface area contributed by atoms with Crippen molar-refractivity contribution in [1.82, 2.24) is 15.2 Å². The van der Waals surface area contributed by atoms with E-state index in [1.807, 2.05) is 0 Å². The molecule has 6 nitrogen and oxygen atoms in total. The van der Waals surface area contributed by atoms with Crippen LogP contribution < -0.4 is 5.32 Å². The Kier molecular flexibility index (Phi) is 5.01. The van der Waals surface area contributed by atoms with Gasteiger partial charge in [0.15, 0.2) is 5.82 Å². The third-order valence-corrected chi connectivity index (χ3v) is 5.44. The van der Waals surface area contributed by atoms with Gasteiger partial charge in [-0.25, -0.2) is 0 Å². The molecule has 1 aliphatic heterocycles. The quantitative estimate of drug-likeness (QED) is 0.645. The molecule has 1 aliphatic rings. The van der Waals surface area contributed by atoms with Gasteiger partial charge < -0.3 is 15.2 Å². The summed E-state index contributed by atoms with van der Waals surface area (Å²) in [4.78, 5) is 4.16. The maximum atomic E-state index is 12.9. The Balaban J connectivity index is 1.77. The van der Waals surface area contributed by atoms with Crippen molar-refractivity contribution in [2.75, 3.05) is 18.5 Å². The fourth-order valence-electron chi connectivity index (χ4n) is 3.67. The maximum absolute atomic E-state index is 12.9. The van der Waals surface area contributed by atoms with Gasteiger partial charge in [-0.2, -0.15) is 13.2 Å². The summed E-state index contributed by atoms with van der Waals surface area (Å²) in [6.07, 6.45) is -0.546. The number of fused-ring (bicyclic) bond motifs is 1. The van der Waals surface area contributed by atoms with Gasteiger partial charge in [0, 0.05) is 46.8 Å². The summed E-state index contributed by atoms with van der Waals surface area (Å²) in [6.45, 7) is 5.46. The van der Waals surface area contributed by atoms with E-state index in [4.69, 9.17) is 4.74 Å². The van der Waals surface area contributed by atoms with Gasteiger partial charge in [-0.05, 0) is 30.7 Å². The Morgan fingerprint density at radius 2 is 1.97 bits per heavy atom. The molecular formula is C21H21F3N4O2. The van der Waals surface area contributed by atoms with Gasteiger partial charge in [-0.1, -0.05) is 13.8 Å². The van der Waals surface area contributed by atoms with Crippen molar-refractivity contribution in [1.29, 1.82) is 0 Å². The van der Waals surface area contributed by atoms with E-state index in [0.717, 1.165) is 12.5 Å². The highest BCUT2D eigenvalue weighted by Crippen LogP contribution is 2.39. The van der Waals surface area contributed by atoms with Crippen LogP contribution in [-0.2, 0) is 10.9 Å². The minimum atomic E-state index is -4.54. The van der Waals surface area contributed by atoms with Gasteiger partial charge in [0.1, 0.15) is 11.4 Å². The fraction of sp³-hybridized carbons (Fsp3) is 0.381. The van der Waals surface area contributed by atoms with Crippen LogP contribution in [0, 0.1) is 5.41 Å². The van der Waals surface area contributed by atoms with Gasteiger partial charge in [0.25, 0.3) is 0 Å². The van der Waals surface area contributed by atoms with Gasteiger partial charge >= 0.3 is 6.18 Å². The van der Waals surface area contributed by atoms with E-state index in [-0.39, 0.29) is 22.7 Å². The Morgan fingerprint density at radius 3 is 2.67 bits per heavy atom. The summed E-state index contributed by atoms with van der Waals surface area (Å²) in [5.74, 6) is 0.0248. The maximum Gasteiger partial charge on any atom is 0.416 e. The average molecular weight is 418 g/mol. The van der Waals surface area contributed by atoms with Crippen LogP contribution in [0.25, 0.3) is 22.0 Å². The van der Waals surface area contributed by atoms with Crippen molar-refractivity contribution in [2.24, 2.45) is 5.41 Å². The van der Waals surface area contributed by atoms with Crippen molar-refractivity contribution in [3.05, 3.63) is 42.2 Å². The second-order valence-electron chi connectivity index (χ2n) is 8.07. The van der Waals surface area contributed by atoms with Crippen LogP contribution in [0.1, 0.15) is 25.8 Å². The third-order valence-electron chi connectivity index (χ3n) is 5.44. The molecule has 158 valence electrons. The number of pyridine rings is 1. The lowest BCUT2D eigenvalue weighted by Gasteiger charge is -2.39. The Bertz CT molecular complexity index is 1090. The van der Waals surface area contributed by atoms with Crippen molar-refractivity contribution < 1.29 is 23.0 Å². The van der Waals surface area contributed by atoms with Gasteiger partial charge in [0.05, 0.1) is 12.2 Å². The number of aromatic hydroxyl groups is 1. The van der Waals surface area contributed by atoms with Crippen LogP contribution in [0.2, 0.25) is 0 Å². The largest absolute Gasteiger partial charge is 0.507 e. The fourth-order valence-corrected chi connectivity index (χ4v) is 3.67. The second-order valence-corrected chi connectivity index (χ2v) is 8.07. The number of rotatable bonds is 3. The molecule has 0 saturated carbocycles. The number of nitrogens with zero attached hydrogens (tertiary/aromatic N) is 3. The SMILES string of the molecule is CC1(C)COCCC1Nc1nnc(-c2ccc(C(F)(F)F)cc2O)c2ccncc12. The van der Waals surface area contributed by atoms with Crippen LogP contribution in [-0.4, -0.2) is 39.5 Å². The van der Waals surface area contributed by atoms with Crippen LogP contribution in [0.5, 0.6) is 5.75 Å². The van der Waals surface area contributed by atoms with Crippen molar-refractivity contribution in [3.63, 3.8) is 0 Å². The highest BCUT2D eigenvalue weighted by atomic mass is 19.4. The molecule has 1 aromatic carbocycles. The zero-order valence-corrected chi connectivity index (χ0v) is 16.5. The van der Waals surface area contributed by atoms with Crippen LogP contribution in [0.3, 0.4) is 0 Å². The zero-order valence-electron chi connectivity index (χ0n) is 16.5. The van der Waals surface area contributed by atoms with Crippen LogP contribution >= 0.6 is 0 Å². The molecule has 1 saturated heterocycles. The normalized spacial score (nSPS) is 19.0. The van der Waals surface area contributed by atoms with Gasteiger partial charge in [-0.15, -0.1) is 10.2 Å². The molecule has 0 amide bonds. The number of halogens is 3. The van der Waals surface area contributed by atoms with E-state index in [0.29, 0.717) is 35.9 Å². The molecule has 0 bridgehead atoms. The molecular weight excluding hydrogens is 397 g/mol. The first-order valence-corrected chi connectivity index (χ1v) is 9.52. The highest BCUT2D eigenvalue weighted by molar-refractivity contribution is 6.00. The van der Waals surface area contributed by atoms with Crippen LogP contribution in [0.4, 0.5) is 19.0 Å². The molecule has 4 rings (SSSR count). The lowest BCUT2D eigenvalue weighted by Crippen LogP contribution is -2.44. The molecule has 1 fully saturated rings. The number of aromatic nitrogens is 3. The van der Waals surface area contributed by atoms with Crippen molar-refractivity contribution >= 4 is 16.6 Å². The number of phenolic OH excluding ortho intramolecular Hbond substituents is 1. The van der Waals surface area contributed by atoms with Crippen molar-refractivity contribution in [3.8, 4) is 17.0 Å². The molecule has 1 atom stereocenters. The number of hydrogen-bond donors (Lipinski definition) is 2. The number of alkyl halides is 3. The molecule has 3 aromatic rings. The van der Waals surface area contributed by atoms with E-state index >= 15 is 0 Å².